The maximum atomic E-state index is 11.6. The molecule has 0 radical (unpaired) electrons. The summed E-state index contributed by atoms with van der Waals surface area (Å²) in [5, 5.41) is 8.52. The maximum absolute atomic E-state index is 11.6. The summed E-state index contributed by atoms with van der Waals surface area (Å²) in [6, 6.07) is -0.202. The summed E-state index contributed by atoms with van der Waals surface area (Å²) in [5.41, 5.74) is 0. The van der Waals surface area contributed by atoms with Gasteiger partial charge in [-0.2, -0.15) is 4.31 Å². The van der Waals surface area contributed by atoms with Crippen molar-refractivity contribution in [1.29, 1.82) is 0 Å². The zero-order chi connectivity index (χ0) is 11.5. The van der Waals surface area contributed by atoms with Gasteiger partial charge in [-0.3, -0.25) is 4.79 Å². The van der Waals surface area contributed by atoms with Gasteiger partial charge in [-0.1, -0.05) is 0 Å². The van der Waals surface area contributed by atoms with Gasteiger partial charge in [-0.25, -0.2) is 8.42 Å². The largest absolute Gasteiger partial charge is 0.481 e. The van der Waals surface area contributed by atoms with Crippen LogP contribution in [0.3, 0.4) is 0 Å². The monoisotopic (exact) mass is 235 g/mol. The van der Waals surface area contributed by atoms with Crippen LogP contribution in [0.4, 0.5) is 0 Å². The Hall–Kier alpha value is -0.620. The average molecular weight is 235 g/mol. The maximum Gasteiger partial charge on any atom is 0.303 e. The molecule has 1 aliphatic heterocycles. The lowest BCUT2D eigenvalue weighted by Crippen LogP contribution is -2.43. The normalized spacial score (nSPS) is 23.5. The van der Waals surface area contributed by atoms with Crippen molar-refractivity contribution in [2.75, 3.05) is 12.3 Å². The van der Waals surface area contributed by atoms with Gasteiger partial charge < -0.3 is 5.11 Å². The number of hydrogen-bond donors (Lipinski definition) is 1. The molecule has 1 saturated heterocycles. The first-order valence-electron chi connectivity index (χ1n) is 5.15. The Morgan fingerprint density at radius 3 is 2.67 bits per heavy atom. The minimum atomic E-state index is -3.13. The van der Waals surface area contributed by atoms with Gasteiger partial charge in [0.1, 0.15) is 0 Å². The summed E-state index contributed by atoms with van der Waals surface area (Å²) < 4.78 is 24.7. The number of carboxylic acid groups (broad SMARTS) is 1. The van der Waals surface area contributed by atoms with E-state index in [9.17, 15) is 13.2 Å². The summed E-state index contributed by atoms with van der Waals surface area (Å²) in [6.07, 6.45) is 1.99. The first-order chi connectivity index (χ1) is 6.93. The Balaban J connectivity index is 2.57. The summed E-state index contributed by atoms with van der Waals surface area (Å²) in [6.45, 7) is 2.30. The van der Waals surface area contributed by atoms with E-state index in [0.29, 0.717) is 19.4 Å². The van der Waals surface area contributed by atoms with Crippen molar-refractivity contribution >= 4 is 16.0 Å². The number of carbonyl (C=O) groups is 1. The van der Waals surface area contributed by atoms with E-state index < -0.39 is 16.0 Å². The van der Waals surface area contributed by atoms with Crippen molar-refractivity contribution in [3.63, 3.8) is 0 Å². The van der Waals surface area contributed by atoms with E-state index in [2.05, 4.69) is 0 Å². The highest BCUT2D eigenvalue weighted by atomic mass is 32.2. The number of aliphatic carboxylic acids is 1. The van der Waals surface area contributed by atoms with E-state index in [1.165, 1.54) is 4.31 Å². The molecule has 88 valence electrons. The fourth-order valence-corrected chi connectivity index (χ4v) is 3.64. The number of carboxylic acids is 1. The molecule has 0 aromatic heterocycles. The topological polar surface area (TPSA) is 74.7 Å². The minimum absolute atomic E-state index is 0.0210. The van der Waals surface area contributed by atoms with Crippen molar-refractivity contribution in [3.05, 3.63) is 0 Å². The fourth-order valence-electron chi connectivity index (χ4n) is 1.78. The number of nitrogens with zero attached hydrogens (tertiary/aromatic N) is 1. The Morgan fingerprint density at radius 2 is 2.13 bits per heavy atom. The first kappa shape index (κ1) is 12.4. The molecule has 0 aromatic carbocycles. The molecule has 1 heterocycles. The average Bonchev–Trinajstić information content (AvgIpc) is 2.13. The predicted octanol–water partition coefficient (Wildman–Crippen LogP) is 0.665. The molecule has 0 saturated carbocycles. The van der Waals surface area contributed by atoms with Gasteiger partial charge in [0.05, 0.1) is 5.75 Å². The van der Waals surface area contributed by atoms with Crippen LogP contribution in [0.5, 0.6) is 0 Å². The van der Waals surface area contributed by atoms with E-state index >= 15 is 0 Å². The van der Waals surface area contributed by atoms with Gasteiger partial charge >= 0.3 is 5.97 Å². The van der Waals surface area contributed by atoms with E-state index in [1.807, 2.05) is 0 Å². The second-order valence-corrected chi connectivity index (χ2v) is 5.96. The van der Waals surface area contributed by atoms with Crippen LogP contribution in [0.15, 0.2) is 0 Å². The van der Waals surface area contributed by atoms with E-state index in [-0.39, 0.29) is 18.2 Å². The molecule has 0 bridgehead atoms. The molecule has 0 amide bonds. The highest BCUT2D eigenvalue weighted by Crippen LogP contribution is 2.19. The Labute approximate surface area is 90.1 Å². The van der Waals surface area contributed by atoms with Crippen LogP contribution < -0.4 is 0 Å². The van der Waals surface area contributed by atoms with Crippen LogP contribution in [0, 0.1) is 0 Å². The molecule has 0 aromatic rings. The van der Waals surface area contributed by atoms with E-state index in [4.69, 9.17) is 5.11 Å². The van der Waals surface area contributed by atoms with Crippen LogP contribution in [0.2, 0.25) is 0 Å². The molecule has 1 rings (SSSR count). The predicted molar refractivity (Wildman–Crippen MR) is 56.1 cm³/mol. The highest BCUT2D eigenvalue weighted by molar-refractivity contribution is 7.89. The lowest BCUT2D eigenvalue weighted by molar-refractivity contribution is -0.137. The van der Waals surface area contributed by atoms with Gasteiger partial charge in [0.25, 0.3) is 0 Å². The Bertz CT molecular complexity index is 325. The minimum Gasteiger partial charge on any atom is -0.481 e. The third-order valence-corrected chi connectivity index (χ3v) is 4.72. The van der Waals surface area contributed by atoms with Gasteiger partial charge in [0, 0.05) is 19.0 Å². The van der Waals surface area contributed by atoms with Crippen molar-refractivity contribution in [1.82, 2.24) is 4.31 Å². The van der Waals surface area contributed by atoms with Crippen LogP contribution in [-0.4, -0.2) is 42.1 Å². The second kappa shape index (κ2) is 4.94. The van der Waals surface area contributed by atoms with Crippen molar-refractivity contribution in [2.45, 2.75) is 38.6 Å². The molecule has 6 heteroatoms. The summed E-state index contributed by atoms with van der Waals surface area (Å²) in [4.78, 5) is 10.4. The summed E-state index contributed by atoms with van der Waals surface area (Å²) in [5.74, 6) is -0.680. The lowest BCUT2D eigenvalue weighted by Gasteiger charge is -2.31. The SMILES string of the molecule is CC(CCC(=O)O)N1CCCCS1(=O)=O. The lowest BCUT2D eigenvalue weighted by atomic mass is 10.2. The number of rotatable bonds is 4. The molecule has 1 atom stereocenters. The van der Waals surface area contributed by atoms with Crippen LogP contribution >= 0.6 is 0 Å². The molecule has 15 heavy (non-hydrogen) atoms. The molecule has 0 aliphatic carbocycles. The standard InChI is InChI=1S/C9H17NO4S/c1-8(4-5-9(11)12)10-6-2-3-7-15(10,13)14/h8H,2-7H2,1H3,(H,11,12). The van der Waals surface area contributed by atoms with Crippen molar-refractivity contribution < 1.29 is 18.3 Å². The van der Waals surface area contributed by atoms with Crippen molar-refractivity contribution in [3.8, 4) is 0 Å². The smallest absolute Gasteiger partial charge is 0.303 e. The first-order valence-corrected chi connectivity index (χ1v) is 6.76. The molecular formula is C9H17NO4S. The highest BCUT2D eigenvalue weighted by Gasteiger charge is 2.29. The molecule has 1 N–H and O–H groups in total. The quantitative estimate of drug-likeness (QED) is 0.777. The van der Waals surface area contributed by atoms with Crippen LogP contribution in [0.1, 0.15) is 32.6 Å². The molecule has 1 aliphatic rings. The van der Waals surface area contributed by atoms with Crippen LogP contribution in [-0.2, 0) is 14.8 Å². The Morgan fingerprint density at radius 1 is 1.47 bits per heavy atom. The Kier molecular flexibility index (Phi) is 4.10. The molecule has 0 spiro atoms. The zero-order valence-corrected chi connectivity index (χ0v) is 9.66. The number of hydrogen-bond acceptors (Lipinski definition) is 3. The molecular weight excluding hydrogens is 218 g/mol. The van der Waals surface area contributed by atoms with Gasteiger partial charge in [-0.15, -0.1) is 0 Å². The molecule has 1 unspecified atom stereocenters. The van der Waals surface area contributed by atoms with E-state index in [1.54, 1.807) is 6.92 Å². The molecule has 1 fully saturated rings. The van der Waals surface area contributed by atoms with Gasteiger partial charge in [-0.05, 0) is 26.2 Å². The van der Waals surface area contributed by atoms with Gasteiger partial charge in [0.15, 0.2) is 0 Å². The third kappa shape index (κ3) is 3.46. The molecule has 5 nitrogen and oxygen atoms in total. The number of sulfonamides is 1. The van der Waals surface area contributed by atoms with Gasteiger partial charge in [0.2, 0.25) is 10.0 Å². The van der Waals surface area contributed by atoms with E-state index in [0.717, 1.165) is 6.42 Å². The third-order valence-electron chi connectivity index (χ3n) is 2.66. The second-order valence-electron chi connectivity index (χ2n) is 3.92. The summed E-state index contributed by atoms with van der Waals surface area (Å²) >= 11 is 0. The fraction of sp³-hybridized carbons (Fsp3) is 0.889. The van der Waals surface area contributed by atoms with Crippen LogP contribution in [0.25, 0.3) is 0 Å². The summed E-state index contributed by atoms with van der Waals surface area (Å²) in [7, 11) is -3.13. The van der Waals surface area contributed by atoms with Crippen molar-refractivity contribution in [2.24, 2.45) is 0 Å². The zero-order valence-electron chi connectivity index (χ0n) is 8.85.